The topological polar surface area (TPSA) is 99.7 Å². The average molecular weight is 495 g/mol. The number of benzene rings is 1. The van der Waals surface area contributed by atoms with Crippen molar-refractivity contribution in [1.82, 2.24) is 15.3 Å². The number of anilines is 4. The van der Waals surface area contributed by atoms with Crippen LogP contribution in [-0.2, 0) is 4.79 Å². The first-order valence-corrected chi connectivity index (χ1v) is 13.1. The first-order chi connectivity index (χ1) is 17.4. The molecule has 2 heterocycles. The van der Waals surface area contributed by atoms with E-state index in [-0.39, 0.29) is 23.9 Å². The normalized spacial score (nSPS) is 18.7. The van der Waals surface area contributed by atoms with Crippen molar-refractivity contribution in [2.24, 2.45) is 0 Å². The molecule has 1 fully saturated rings. The molecule has 1 aromatic carbocycles. The van der Waals surface area contributed by atoms with Crippen LogP contribution in [-0.4, -0.2) is 53.6 Å². The Kier molecular flexibility index (Phi) is 7.96. The molecule has 2 aliphatic rings. The van der Waals surface area contributed by atoms with E-state index in [9.17, 15) is 9.59 Å². The number of nitrogens with one attached hydrogen (secondary N) is 2. The maximum atomic E-state index is 13.3. The van der Waals surface area contributed by atoms with Crippen molar-refractivity contribution >= 4 is 35.0 Å². The van der Waals surface area contributed by atoms with Crippen LogP contribution in [0.5, 0.6) is 5.75 Å². The van der Waals surface area contributed by atoms with E-state index in [1.165, 1.54) is 12.8 Å². The van der Waals surface area contributed by atoms with Crippen LogP contribution in [0.15, 0.2) is 24.4 Å². The zero-order valence-corrected chi connectivity index (χ0v) is 22.0. The van der Waals surface area contributed by atoms with E-state index in [4.69, 9.17) is 9.72 Å². The molecule has 1 aliphatic heterocycles. The van der Waals surface area contributed by atoms with Crippen LogP contribution in [0.3, 0.4) is 0 Å². The van der Waals surface area contributed by atoms with Gasteiger partial charge in [0.15, 0.2) is 5.82 Å². The van der Waals surface area contributed by atoms with Crippen molar-refractivity contribution in [2.45, 2.75) is 84.3 Å². The second-order valence-corrected chi connectivity index (χ2v) is 9.58. The van der Waals surface area contributed by atoms with Gasteiger partial charge in [0, 0.05) is 24.2 Å². The van der Waals surface area contributed by atoms with Crippen LogP contribution in [0.25, 0.3) is 0 Å². The van der Waals surface area contributed by atoms with Gasteiger partial charge in [0.1, 0.15) is 17.5 Å². The van der Waals surface area contributed by atoms with E-state index in [2.05, 4.69) is 27.4 Å². The zero-order chi connectivity index (χ0) is 25.8. The summed E-state index contributed by atoms with van der Waals surface area (Å²) in [5.74, 6) is 1.74. The summed E-state index contributed by atoms with van der Waals surface area (Å²) in [5, 5.41) is 6.25. The molecule has 9 nitrogen and oxygen atoms in total. The number of hydrogen-bond donors (Lipinski definition) is 2. The monoisotopic (exact) mass is 494 g/mol. The molecule has 2 unspecified atom stereocenters. The van der Waals surface area contributed by atoms with Crippen molar-refractivity contribution in [3.63, 3.8) is 0 Å². The minimum Gasteiger partial charge on any atom is -0.495 e. The minimum absolute atomic E-state index is 0.0921. The van der Waals surface area contributed by atoms with Crippen molar-refractivity contribution in [3.8, 4) is 5.75 Å². The fourth-order valence-corrected chi connectivity index (χ4v) is 5.15. The summed E-state index contributed by atoms with van der Waals surface area (Å²) >= 11 is 0. The van der Waals surface area contributed by atoms with Gasteiger partial charge in [-0.05, 0) is 57.7 Å². The van der Waals surface area contributed by atoms with Crippen LogP contribution in [0, 0.1) is 0 Å². The number of hydrogen-bond acceptors (Lipinski definition) is 7. The van der Waals surface area contributed by atoms with Crippen molar-refractivity contribution in [1.29, 1.82) is 0 Å². The SMILES string of the molecule is CCC(C)NC(=O)c1ccc(Nc2ncc3c(n2)N(C2CCCC2)C(CC)C(=O)N3CC)c(OC)c1. The third-order valence-electron chi connectivity index (χ3n) is 7.29. The lowest BCUT2D eigenvalue weighted by molar-refractivity contribution is -0.120. The highest BCUT2D eigenvalue weighted by atomic mass is 16.5. The summed E-state index contributed by atoms with van der Waals surface area (Å²) in [7, 11) is 1.57. The lowest BCUT2D eigenvalue weighted by atomic mass is 10.0. The van der Waals surface area contributed by atoms with Crippen molar-refractivity contribution in [2.75, 3.05) is 28.8 Å². The zero-order valence-electron chi connectivity index (χ0n) is 22.0. The molecule has 2 atom stereocenters. The number of carbonyl (C=O) groups excluding carboxylic acids is 2. The van der Waals surface area contributed by atoms with E-state index in [1.54, 1.807) is 36.4 Å². The Balaban J connectivity index is 1.66. The number of aromatic nitrogens is 2. The number of rotatable bonds is 9. The Morgan fingerprint density at radius 1 is 1.22 bits per heavy atom. The number of methoxy groups -OCH3 is 1. The van der Waals surface area contributed by atoms with Crippen LogP contribution < -0.4 is 25.2 Å². The summed E-state index contributed by atoms with van der Waals surface area (Å²) in [5.41, 5.74) is 1.95. The van der Waals surface area contributed by atoms with Crippen LogP contribution >= 0.6 is 0 Å². The standard InChI is InChI=1S/C27H38N6O3/c1-6-17(4)29-25(34)18-13-14-20(23(15-18)36-5)30-27-28-16-22-24(31-27)33(19-11-9-10-12-19)21(7-2)26(35)32(22)8-3/h13-17,19,21H,6-12H2,1-5H3,(H,29,34)(H,28,30,31). The molecule has 0 saturated heterocycles. The van der Waals surface area contributed by atoms with E-state index >= 15 is 0 Å². The predicted molar refractivity (Wildman–Crippen MR) is 142 cm³/mol. The summed E-state index contributed by atoms with van der Waals surface area (Å²) in [6.07, 6.45) is 7.79. The predicted octanol–water partition coefficient (Wildman–Crippen LogP) is 4.65. The molecule has 2 amide bonds. The Bertz CT molecular complexity index is 1100. The molecule has 1 aromatic heterocycles. The lowest BCUT2D eigenvalue weighted by Gasteiger charge is -2.44. The van der Waals surface area contributed by atoms with Gasteiger partial charge in [-0.1, -0.05) is 26.7 Å². The van der Waals surface area contributed by atoms with E-state index in [1.807, 2.05) is 20.8 Å². The molecule has 0 bridgehead atoms. The van der Waals surface area contributed by atoms with E-state index < -0.39 is 0 Å². The number of fused-ring (bicyclic) bond motifs is 1. The molecule has 1 aliphatic carbocycles. The van der Waals surface area contributed by atoms with Gasteiger partial charge < -0.3 is 25.2 Å². The molecule has 194 valence electrons. The molecular formula is C27H38N6O3. The van der Waals surface area contributed by atoms with E-state index in [0.29, 0.717) is 35.5 Å². The molecule has 4 rings (SSSR count). The quantitative estimate of drug-likeness (QED) is 0.523. The first-order valence-electron chi connectivity index (χ1n) is 13.1. The highest BCUT2D eigenvalue weighted by Crippen LogP contribution is 2.40. The van der Waals surface area contributed by atoms with Gasteiger partial charge in [-0.2, -0.15) is 4.98 Å². The van der Waals surface area contributed by atoms with Gasteiger partial charge >= 0.3 is 0 Å². The third kappa shape index (κ3) is 4.96. The fraction of sp³-hybridized carbons (Fsp3) is 0.556. The number of amides is 2. The molecule has 1 saturated carbocycles. The first kappa shape index (κ1) is 25.7. The van der Waals surface area contributed by atoms with Crippen LogP contribution in [0.1, 0.15) is 76.6 Å². The summed E-state index contributed by atoms with van der Waals surface area (Å²) in [6.45, 7) is 8.63. The van der Waals surface area contributed by atoms with Gasteiger partial charge in [0.05, 0.1) is 19.0 Å². The molecular weight excluding hydrogens is 456 g/mol. The Morgan fingerprint density at radius 2 is 1.97 bits per heavy atom. The second-order valence-electron chi connectivity index (χ2n) is 9.58. The number of likely N-dealkylation sites (N-methyl/N-ethyl adjacent to an activating group) is 1. The molecule has 2 N–H and O–H groups in total. The summed E-state index contributed by atoms with van der Waals surface area (Å²) in [4.78, 5) is 39.4. The molecule has 36 heavy (non-hydrogen) atoms. The lowest BCUT2D eigenvalue weighted by Crippen LogP contribution is -2.56. The Morgan fingerprint density at radius 3 is 2.61 bits per heavy atom. The average Bonchev–Trinajstić information content (AvgIpc) is 3.42. The molecule has 9 heteroatoms. The molecule has 0 radical (unpaired) electrons. The largest absolute Gasteiger partial charge is 0.495 e. The summed E-state index contributed by atoms with van der Waals surface area (Å²) in [6, 6.07) is 5.45. The highest BCUT2D eigenvalue weighted by molar-refractivity contribution is 6.05. The number of ether oxygens (including phenoxy) is 1. The van der Waals surface area contributed by atoms with Gasteiger partial charge in [-0.15, -0.1) is 0 Å². The maximum absolute atomic E-state index is 13.3. The fourth-order valence-electron chi connectivity index (χ4n) is 5.15. The summed E-state index contributed by atoms with van der Waals surface area (Å²) < 4.78 is 5.58. The van der Waals surface area contributed by atoms with Crippen molar-refractivity contribution in [3.05, 3.63) is 30.0 Å². The Labute approximate surface area is 213 Å². The maximum Gasteiger partial charge on any atom is 0.251 e. The van der Waals surface area contributed by atoms with Gasteiger partial charge in [-0.3, -0.25) is 9.59 Å². The van der Waals surface area contributed by atoms with Crippen LogP contribution in [0.4, 0.5) is 23.1 Å². The van der Waals surface area contributed by atoms with Gasteiger partial charge in [0.25, 0.3) is 5.91 Å². The number of nitrogens with zero attached hydrogens (tertiary/aromatic N) is 4. The molecule has 0 spiro atoms. The van der Waals surface area contributed by atoms with Crippen molar-refractivity contribution < 1.29 is 14.3 Å². The van der Waals surface area contributed by atoms with Gasteiger partial charge in [0.2, 0.25) is 11.9 Å². The third-order valence-corrected chi connectivity index (χ3v) is 7.29. The molecule has 2 aromatic rings. The number of carbonyl (C=O) groups is 2. The minimum atomic E-state index is -0.221. The van der Waals surface area contributed by atoms with Gasteiger partial charge in [-0.25, -0.2) is 4.98 Å². The highest BCUT2D eigenvalue weighted by Gasteiger charge is 2.42. The second kappa shape index (κ2) is 11.1. The van der Waals surface area contributed by atoms with E-state index in [0.717, 1.165) is 37.2 Å². The Hall–Kier alpha value is -3.36. The smallest absolute Gasteiger partial charge is 0.251 e. The van der Waals surface area contributed by atoms with Crippen LogP contribution in [0.2, 0.25) is 0 Å².